The van der Waals surface area contributed by atoms with E-state index in [1.165, 1.54) is 23.8 Å². The molecule has 0 spiro atoms. The molecule has 2 heterocycles. The highest BCUT2D eigenvalue weighted by Gasteiger charge is 2.26. The van der Waals surface area contributed by atoms with Crippen LogP contribution < -0.4 is 0 Å². The summed E-state index contributed by atoms with van der Waals surface area (Å²) in [4.78, 5) is 25.6. The summed E-state index contributed by atoms with van der Waals surface area (Å²) < 4.78 is 0. The van der Waals surface area contributed by atoms with Gasteiger partial charge in [-0.15, -0.1) is 11.3 Å². The number of hydrogen-bond acceptors (Lipinski definition) is 3. The van der Waals surface area contributed by atoms with Gasteiger partial charge in [0.15, 0.2) is 0 Å². The number of thiophene rings is 1. The van der Waals surface area contributed by atoms with Crippen LogP contribution in [0.3, 0.4) is 0 Å². The molecule has 1 aliphatic rings. The van der Waals surface area contributed by atoms with Gasteiger partial charge in [-0.1, -0.05) is 13.8 Å². The molecule has 1 aliphatic heterocycles. The Morgan fingerprint density at radius 1 is 1.35 bits per heavy atom. The minimum absolute atomic E-state index is 0.0506. The second-order valence-electron chi connectivity index (χ2n) is 5.57. The largest absolute Gasteiger partial charge is 0.478 e. The van der Waals surface area contributed by atoms with Crippen LogP contribution in [-0.4, -0.2) is 35.0 Å². The van der Waals surface area contributed by atoms with Crippen molar-refractivity contribution >= 4 is 29.3 Å². The highest BCUT2D eigenvalue weighted by atomic mass is 32.1. The molecule has 1 amide bonds. The summed E-state index contributed by atoms with van der Waals surface area (Å²) in [5.74, 6) is 0.139. The van der Waals surface area contributed by atoms with E-state index in [1.807, 2.05) is 4.90 Å². The second-order valence-corrected chi connectivity index (χ2v) is 6.51. The maximum atomic E-state index is 12.4. The quantitative estimate of drug-likeness (QED) is 0.872. The lowest BCUT2D eigenvalue weighted by molar-refractivity contribution is -0.131. The zero-order valence-electron chi connectivity index (χ0n) is 11.7. The van der Waals surface area contributed by atoms with Crippen LogP contribution in [0.15, 0.2) is 17.5 Å². The van der Waals surface area contributed by atoms with E-state index in [4.69, 9.17) is 5.11 Å². The standard InChI is InChI=1S/C15H19NO3S/c1-10-5-11(2)8-16(7-10)15(19)12-6-13(20-9-12)3-4-14(17)18/h3-4,6,9-11H,5,7-8H2,1-2H3,(H,17,18). The molecule has 2 atom stereocenters. The Bertz CT molecular complexity index is 525. The van der Waals surface area contributed by atoms with Gasteiger partial charge in [0.05, 0.1) is 5.56 Å². The van der Waals surface area contributed by atoms with E-state index in [2.05, 4.69) is 13.8 Å². The van der Waals surface area contributed by atoms with E-state index in [9.17, 15) is 9.59 Å². The van der Waals surface area contributed by atoms with Gasteiger partial charge < -0.3 is 10.0 Å². The first-order valence-electron chi connectivity index (χ1n) is 6.74. The van der Waals surface area contributed by atoms with Crippen LogP contribution in [0, 0.1) is 11.8 Å². The first-order valence-corrected chi connectivity index (χ1v) is 7.62. The number of carboxylic acids is 1. The molecule has 108 valence electrons. The molecule has 0 aromatic carbocycles. The zero-order chi connectivity index (χ0) is 14.7. The SMILES string of the molecule is CC1CC(C)CN(C(=O)c2csc(C=CC(=O)O)c2)C1. The zero-order valence-corrected chi connectivity index (χ0v) is 12.5. The van der Waals surface area contributed by atoms with E-state index in [1.54, 1.807) is 11.4 Å². The average Bonchev–Trinajstić information content (AvgIpc) is 2.83. The van der Waals surface area contributed by atoms with E-state index in [-0.39, 0.29) is 5.91 Å². The van der Waals surface area contributed by atoms with Gasteiger partial charge in [-0.25, -0.2) is 4.79 Å². The summed E-state index contributed by atoms with van der Waals surface area (Å²) in [7, 11) is 0. The fourth-order valence-corrected chi connectivity index (χ4v) is 3.49. The average molecular weight is 293 g/mol. The molecule has 0 saturated carbocycles. The molecule has 1 N–H and O–H groups in total. The van der Waals surface area contributed by atoms with Crippen LogP contribution in [0.25, 0.3) is 6.08 Å². The molecular formula is C15H19NO3S. The molecule has 0 bridgehead atoms. The number of piperidine rings is 1. The minimum Gasteiger partial charge on any atom is -0.478 e. The molecular weight excluding hydrogens is 274 g/mol. The minimum atomic E-state index is -0.982. The molecule has 2 unspecified atom stereocenters. The van der Waals surface area contributed by atoms with Crippen LogP contribution in [0.5, 0.6) is 0 Å². The van der Waals surface area contributed by atoms with E-state index >= 15 is 0 Å². The number of aliphatic carboxylic acids is 1. The topological polar surface area (TPSA) is 57.6 Å². The molecule has 5 heteroatoms. The van der Waals surface area contributed by atoms with Crippen LogP contribution in [0.1, 0.15) is 35.5 Å². The Labute approximate surface area is 122 Å². The third-order valence-electron chi connectivity index (χ3n) is 3.41. The summed E-state index contributed by atoms with van der Waals surface area (Å²) in [5, 5.41) is 10.4. The summed E-state index contributed by atoms with van der Waals surface area (Å²) in [6, 6.07) is 1.76. The number of rotatable bonds is 3. The van der Waals surface area contributed by atoms with Gasteiger partial charge in [0.25, 0.3) is 5.91 Å². The van der Waals surface area contributed by atoms with Crippen LogP contribution in [0.4, 0.5) is 0 Å². The Hall–Kier alpha value is -1.62. The number of hydrogen-bond donors (Lipinski definition) is 1. The number of nitrogens with zero attached hydrogens (tertiary/aromatic N) is 1. The lowest BCUT2D eigenvalue weighted by atomic mass is 9.91. The van der Waals surface area contributed by atoms with Crippen molar-refractivity contribution in [2.75, 3.05) is 13.1 Å². The van der Waals surface area contributed by atoms with Crippen molar-refractivity contribution in [3.05, 3.63) is 28.0 Å². The number of carbonyl (C=O) groups excluding carboxylic acids is 1. The predicted molar refractivity (Wildman–Crippen MR) is 79.8 cm³/mol. The molecule has 2 rings (SSSR count). The van der Waals surface area contributed by atoms with E-state index < -0.39 is 5.97 Å². The summed E-state index contributed by atoms with van der Waals surface area (Å²) in [6.07, 6.45) is 3.77. The van der Waals surface area contributed by atoms with Gasteiger partial charge in [0, 0.05) is 29.4 Å². The molecule has 0 radical (unpaired) electrons. The summed E-state index contributed by atoms with van der Waals surface area (Å²) >= 11 is 1.39. The smallest absolute Gasteiger partial charge is 0.328 e. The highest BCUT2D eigenvalue weighted by Crippen LogP contribution is 2.24. The molecule has 1 fully saturated rings. The number of carbonyl (C=O) groups is 2. The van der Waals surface area contributed by atoms with Gasteiger partial charge in [-0.2, -0.15) is 0 Å². The number of carboxylic acid groups (broad SMARTS) is 1. The predicted octanol–water partition coefficient (Wildman–Crippen LogP) is 2.96. The Morgan fingerprint density at radius 3 is 2.60 bits per heavy atom. The van der Waals surface area contributed by atoms with Crippen molar-refractivity contribution in [2.45, 2.75) is 20.3 Å². The molecule has 4 nitrogen and oxygen atoms in total. The molecule has 1 aromatic rings. The van der Waals surface area contributed by atoms with Gasteiger partial charge in [0.1, 0.15) is 0 Å². The van der Waals surface area contributed by atoms with Crippen molar-refractivity contribution in [2.24, 2.45) is 11.8 Å². The third kappa shape index (κ3) is 3.70. The Morgan fingerprint density at radius 2 is 2.00 bits per heavy atom. The van der Waals surface area contributed by atoms with Crippen LogP contribution in [-0.2, 0) is 4.79 Å². The second kappa shape index (κ2) is 6.22. The van der Waals surface area contributed by atoms with Crippen molar-refractivity contribution in [1.82, 2.24) is 4.90 Å². The molecule has 0 aliphatic carbocycles. The fourth-order valence-electron chi connectivity index (χ4n) is 2.72. The third-order valence-corrected chi connectivity index (χ3v) is 4.31. The van der Waals surface area contributed by atoms with Crippen molar-refractivity contribution < 1.29 is 14.7 Å². The van der Waals surface area contributed by atoms with Gasteiger partial charge in [0.2, 0.25) is 0 Å². The Balaban J connectivity index is 2.07. The van der Waals surface area contributed by atoms with Gasteiger partial charge >= 0.3 is 5.97 Å². The van der Waals surface area contributed by atoms with Crippen LogP contribution >= 0.6 is 11.3 Å². The van der Waals surface area contributed by atoms with Gasteiger partial charge in [-0.3, -0.25) is 4.79 Å². The molecule has 1 aromatic heterocycles. The summed E-state index contributed by atoms with van der Waals surface area (Å²) in [6.45, 7) is 5.95. The van der Waals surface area contributed by atoms with Crippen molar-refractivity contribution in [1.29, 1.82) is 0 Å². The maximum Gasteiger partial charge on any atom is 0.328 e. The van der Waals surface area contributed by atoms with Crippen molar-refractivity contribution in [3.63, 3.8) is 0 Å². The van der Waals surface area contributed by atoms with E-state index in [0.717, 1.165) is 24.0 Å². The fraction of sp³-hybridized carbons (Fsp3) is 0.467. The highest BCUT2D eigenvalue weighted by molar-refractivity contribution is 7.11. The van der Waals surface area contributed by atoms with E-state index in [0.29, 0.717) is 17.4 Å². The lowest BCUT2D eigenvalue weighted by Crippen LogP contribution is -2.42. The first-order chi connectivity index (χ1) is 9.45. The normalized spacial score (nSPS) is 23.2. The lowest BCUT2D eigenvalue weighted by Gasteiger charge is -2.34. The first kappa shape index (κ1) is 14.8. The Kier molecular flexibility index (Phi) is 4.60. The van der Waals surface area contributed by atoms with Crippen molar-refractivity contribution in [3.8, 4) is 0 Å². The number of amides is 1. The summed E-state index contributed by atoms with van der Waals surface area (Å²) in [5.41, 5.74) is 0.654. The monoisotopic (exact) mass is 293 g/mol. The molecule has 20 heavy (non-hydrogen) atoms. The maximum absolute atomic E-state index is 12.4. The van der Waals surface area contributed by atoms with Crippen LogP contribution in [0.2, 0.25) is 0 Å². The number of likely N-dealkylation sites (tertiary alicyclic amines) is 1. The van der Waals surface area contributed by atoms with Gasteiger partial charge in [-0.05, 0) is 30.4 Å². The molecule has 1 saturated heterocycles.